The Morgan fingerprint density at radius 1 is 1.08 bits per heavy atom. The maximum Gasteiger partial charge on any atom is 0.239 e. The minimum Gasteiger partial charge on any atom is -0.381 e. The molecule has 2 aliphatic rings. The van der Waals surface area contributed by atoms with Crippen LogP contribution in [-0.2, 0) is 14.3 Å². The largest absolute Gasteiger partial charge is 0.381 e. The third-order valence-electron chi connectivity index (χ3n) is 5.04. The molecule has 2 amide bonds. The molecule has 0 spiro atoms. The van der Waals surface area contributed by atoms with E-state index in [1.807, 2.05) is 23.6 Å². The fraction of sp³-hybridized carbons (Fsp3) is 0.867. The zero-order valence-corrected chi connectivity index (χ0v) is 16.0. The van der Waals surface area contributed by atoms with Crippen molar-refractivity contribution in [1.82, 2.24) is 9.80 Å². The van der Waals surface area contributed by atoms with Crippen LogP contribution in [0.3, 0.4) is 0 Å². The number of carbonyl (C=O) groups is 2. The van der Waals surface area contributed by atoms with Crippen molar-refractivity contribution in [3.8, 4) is 0 Å². The van der Waals surface area contributed by atoms with Crippen molar-refractivity contribution in [1.29, 1.82) is 0 Å². The summed E-state index contributed by atoms with van der Waals surface area (Å²) in [5.74, 6) is -0.115. The van der Waals surface area contributed by atoms with Crippen LogP contribution >= 0.6 is 24.8 Å². The molecule has 2 heterocycles. The van der Waals surface area contributed by atoms with Gasteiger partial charge in [0, 0.05) is 39.4 Å². The highest BCUT2D eigenvalue weighted by Gasteiger charge is 2.37. The summed E-state index contributed by atoms with van der Waals surface area (Å²) in [6, 6.07) is -0.445. The molecule has 24 heavy (non-hydrogen) atoms. The number of halogens is 2. The van der Waals surface area contributed by atoms with E-state index in [1.165, 1.54) is 0 Å². The number of piperazine rings is 1. The molecule has 0 aromatic carbocycles. The molecular weight excluding hydrogens is 355 g/mol. The maximum atomic E-state index is 12.5. The zero-order chi connectivity index (χ0) is 16.3. The fourth-order valence-electron chi connectivity index (χ4n) is 3.13. The van der Waals surface area contributed by atoms with Crippen LogP contribution in [0, 0.1) is 5.92 Å². The van der Waals surface area contributed by atoms with Gasteiger partial charge in [0.25, 0.3) is 0 Å². The van der Waals surface area contributed by atoms with Crippen LogP contribution in [0.25, 0.3) is 0 Å². The molecule has 0 aromatic heterocycles. The third-order valence-corrected chi connectivity index (χ3v) is 5.04. The molecule has 2 fully saturated rings. The number of rotatable bonds is 4. The molecule has 0 aliphatic carbocycles. The highest BCUT2D eigenvalue weighted by atomic mass is 35.5. The molecule has 142 valence electrons. The molecule has 1 atom stereocenters. The molecule has 0 bridgehead atoms. The first kappa shape index (κ1) is 23.4. The fourth-order valence-corrected chi connectivity index (χ4v) is 3.13. The molecule has 0 radical (unpaired) electrons. The van der Waals surface area contributed by atoms with E-state index in [-0.39, 0.29) is 42.5 Å². The average Bonchev–Trinajstić information content (AvgIpc) is 2.54. The molecule has 0 aromatic rings. The van der Waals surface area contributed by atoms with E-state index in [2.05, 4.69) is 0 Å². The molecule has 4 N–H and O–H groups in total. The summed E-state index contributed by atoms with van der Waals surface area (Å²) < 4.78 is 5.32. The van der Waals surface area contributed by atoms with Crippen LogP contribution < -0.4 is 11.5 Å². The topological polar surface area (TPSA) is 102 Å². The Morgan fingerprint density at radius 3 is 2.04 bits per heavy atom. The zero-order valence-electron chi connectivity index (χ0n) is 14.4. The summed E-state index contributed by atoms with van der Waals surface area (Å²) in [6.45, 7) is 7.48. The van der Waals surface area contributed by atoms with Gasteiger partial charge in [-0.3, -0.25) is 14.5 Å². The Labute approximate surface area is 156 Å². The predicted octanol–water partition coefficient (Wildman–Crippen LogP) is -0.00800. The quantitative estimate of drug-likeness (QED) is 0.709. The Bertz CT molecular complexity index is 423. The van der Waals surface area contributed by atoms with Crippen molar-refractivity contribution in [2.24, 2.45) is 17.4 Å². The number of nitrogens with zero attached hydrogens (tertiary/aromatic N) is 2. The van der Waals surface area contributed by atoms with Crippen molar-refractivity contribution >= 4 is 36.6 Å². The van der Waals surface area contributed by atoms with Gasteiger partial charge in [0.2, 0.25) is 11.8 Å². The lowest BCUT2D eigenvalue weighted by Gasteiger charge is -2.43. The van der Waals surface area contributed by atoms with E-state index in [4.69, 9.17) is 16.2 Å². The van der Waals surface area contributed by atoms with E-state index >= 15 is 0 Å². The van der Waals surface area contributed by atoms with Crippen molar-refractivity contribution in [3.63, 3.8) is 0 Å². The highest BCUT2D eigenvalue weighted by Crippen LogP contribution is 2.21. The van der Waals surface area contributed by atoms with Gasteiger partial charge in [0.15, 0.2) is 0 Å². The average molecular weight is 385 g/mol. The van der Waals surface area contributed by atoms with Gasteiger partial charge < -0.3 is 21.1 Å². The van der Waals surface area contributed by atoms with Gasteiger partial charge in [-0.2, -0.15) is 0 Å². The number of hydrogen-bond acceptors (Lipinski definition) is 5. The standard InChI is InChI=1S/C15H28N4O3.2ClH/c1-15(2,14(17)21)19-7-5-18(6-8-19)13(20)12(16)11-3-9-22-10-4-11;;/h11-12H,3-10,16H2,1-2H3,(H2,17,21);2*1H. The molecule has 9 heteroatoms. The van der Waals surface area contributed by atoms with Crippen molar-refractivity contribution < 1.29 is 14.3 Å². The van der Waals surface area contributed by atoms with Gasteiger partial charge in [0.1, 0.15) is 0 Å². The molecule has 7 nitrogen and oxygen atoms in total. The lowest BCUT2D eigenvalue weighted by atomic mass is 9.91. The van der Waals surface area contributed by atoms with Gasteiger partial charge in [-0.15, -0.1) is 24.8 Å². The third kappa shape index (κ3) is 5.20. The molecular formula is C15H30Cl2N4O3. The predicted molar refractivity (Wildman–Crippen MR) is 97.4 cm³/mol. The Kier molecular flexibility index (Phi) is 9.53. The van der Waals surface area contributed by atoms with Crippen LogP contribution in [0.15, 0.2) is 0 Å². The first-order valence-electron chi connectivity index (χ1n) is 8.01. The molecule has 2 rings (SSSR count). The van der Waals surface area contributed by atoms with Gasteiger partial charge in [-0.25, -0.2) is 0 Å². The van der Waals surface area contributed by atoms with Gasteiger partial charge in [-0.1, -0.05) is 0 Å². The number of amides is 2. The molecule has 2 saturated heterocycles. The van der Waals surface area contributed by atoms with Crippen LogP contribution in [0.4, 0.5) is 0 Å². The van der Waals surface area contributed by atoms with E-state index in [9.17, 15) is 9.59 Å². The number of hydrogen-bond donors (Lipinski definition) is 2. The minimum absolute atomic E-state index is 0. The van der Waals surface area contributed by atoms with E-state index in [0.29, 0.717) is 39.4 Å². The second kappa shape index (κ2) is 9.77. The van der Waals surface area contributed by atoms with Gasteiger partial charge in [-0.05, 0) is 32.6 Å². The number of nitrogens with two attached hydrogens (primary N) is 2. The molecule has 1 unspecified atom stereocenters. The summed E-state index contributed by atoms with van der Waals surface area (Å²) in [6.07, 6.45) is 1.70. The first-order chi connectivity index (χ1) is 10.3. The normalized spacial score (nSPS) is 21.4. The van der Waals surface area contributed by atoms with Crippen molar-refractivity contribution in [2.45, 2.75) is 38.3 Å². The Hall–Kier alpha value is -0.600. The van der Waals surface area contributed by atoms with Crippen LogP contribution in [0.1, 0.15) is 26.7 Å². The first-order valence-corrected chi connectivity index (χ1v) is 8.01. The number of carbonyl (C=O) groups excluding carboxylic acids is 2. The lowest BCUT2D eigenvalue weighted by molar-refractivity contribution is -0.138. The Morgan fingerprint density at radius 2 is 1.58 bits per heavy atom. The summed E-state index contributed by atoms with van der Waals surface area (Å²) in [4.78, 5) is 27.9. The smallest absolute Gasteiger partial charge is 0.239 e. The van der Waals surface area contributed by atoms with Crippen LogP contribution in [0.5, 0.6) is 0 Å². The summed E-state index contributed by atoms with van der Waals surface area (Å²) in [5, 5.41) is 0. The van der Waals surface area contributed by atoms with E-state index in [1.54, 1.807) is 0 Å². The summed E-state index contributed by atoms with van der Waals surface area (Å²) >= 11 is 0. The van der Waals surface area contributed by atoms with Crippen molar-refractivity contribution in [3.05, 3.63) is 0 Å². The van der Waals surface area contributed by atoms with E-state index in [0.717, 1.165) is 12.8 Å². The molecule has 2 aliphatic heterocycles. The SMILES string of the molecule is CC(C)(C(N)=O)N1CCN(C(=O)C(N)C2CCOCC2)CC1.Cl.Cl. The van der Waals surface area contributed by atoms with Gasteiger partial charge >= 0.3 is 0 Å². The number of primary amides is 1. The molecule has 0 saturated carbocycles. The van der Waals surface area contributed by atoms with Crippen molar-refractivity contribution in [2.75, 3.05) is 39.4 Å². The van der Waals surface area contributed by atoms with Crippen LogP contribution in [0.2, 0.25) is 0 Å². The second-order valence-electron chi connectivity index (χ2n) is 6.71. The second-order valence-corrected chi connectivity index (χ2v) is 6.71. The lowest BCUT2D eigenvalue weighted by Crippen LogP contribution is -2.62. The van der Waals surface area contributed by atoms with Crippen LogP contribution in [-0.4, -0.2) is 72.6 Å². The highest BCUT2D eigenvalue weighted by molar-refractivity contribution is 5.86. The minimum atomic E-state index is -0.683. The van der Waals surface area contributed by atoms with Gasteiger partial charge in [0.05, 0.1) is 11.6 Å². The number of ether oxygens (including phenoxy) is 1. The summed E-state index contributed by atoms with van der Waals surface area (Å²) in [7, 11) is 0. The van der Waals surface area contributed by atoms with E-state index < -0.39 is 11.6 Å². The maximum absolute atomic E-state index is 12.5. The summed E-state index contributed by atoms with van der Waals surface area (Å²) in [5.41, 5.74) is 10.9. The monoisotopic (exact) mass is 384 g/mol. The Balaban J connectivity index is 0.00000264.